The minimum Gasteiger partial charge on any atom is -1.00 e. The summed E-state index contributed by atoms with van der Waals surface area (Å²) in [6.45, 7) is 17.7. The van der Waals surface area contributed by atoms with Crippen molar-refractivity contribution in [2.45, 2.75) is 68.2 Å². The van der Waals surface area contributed by atoms with Crippen LogP contribution in [-0.2, 0) is 58.8 Å². The zero-order valence-corrected chi connectivity index (χ0v) is 26.6. The third-order valence-corrected chi connectivity index (χ3v) is 5.56. The van der Waals surface area contributed by atoms with Crippen LogP contribution < -0.4 is 34.0 Å². The summed E-state index contributed by atoms with van der Waals surface area (Å²) in [5.41, 5.74) is 11.7. The van der Waals surface area contributed by atoms with E-state index in [9.17, 15) is 0 Å². The van der Waals surface area contributed by atoms with Gasteiger partial charge in [0.25, 0.3) is 0 Å². The quantitative estimate of drug-likeness (QED) is 0.361. The molecule has 28 heavy (non-hydrogen) atoms. The smallest absolute Gasteiger partial charge is 1.00 e. The van der Waals surface area contributed by atoms with E-state index in [1.807, 2.05) is 0 Å². The standard InChI is InChI=1S/C12H13.C12H19.2BrH.2Zr/c1-8-6-11-9(2)4-5-10(3)12(11)7-8;1-6-7-12-10(4)8(2)9(3)11(12)5;;;;/h4-7H,1-3H3;6-7H2,1-5H3;2*1H;;/q2*-1;;;2*+4/p-2. The Hall–Kier alpha value is 0.906. The first kappa shape index (κ1) is 33.5. The van der Waals surface area contributed by atoms with Gasteiger partial charge in [0, 0.05) is 0 Å². The molecule has 0 radical (unpaired) electrons. The molecule has 0 unspecified atom stereocenters. The molecule has 0 bridgehead atoms. The minimum atomic E-state index is 0. The van der Waals surface area contributed by atoms with E-state index < -0.39 is 0 Å². The molecule has 0 aliphatic heterocycles. The maximum absolute atomic E-state index is 2.26. The summed E-state index contributed by atoms with van der Waals surface area (Å²) in [4.78, 5) is 0. The summed E-state index contributed by atoms with van der Waals surface area (Å²) >= 11 is 0. The van der Waals surface area contributed by atoms with E-state index in [-0.39, 0.29) is 86.4 Å². The molecule has 0 aromatic heterocycles. The molecule has 146 valence electrons. The summed E-state index contributed by atoms with van der Waals surface area (Å²) in [6, 6.07) is 8.91. The van der Waals surface area contributed by atoms with Crippen molar-refractivity contribution < 1.29 is 86.4 Å². The average Bonchev–Trinajstić information content (AvgIpc) is 3.03. The van der Waals surface area contributed by atoms with Crippen LogP contribution in [0.15, 0.2) is 24.3 Å². The van der Waals surface area contributed by atoms with Crippen LogP contribution in [0.1, 0.15) is 57.9 Å². The molecular weight excluding hydrogens is 631 g/mol. The molecule has 3 rings (SSSR count). The van der Waals surface area contributed by atoms with Crippen molar-refractivity contribution in [3.63, 3.8) is 0 Å². The molecule has 0 atom stereocenters. The van der Waals surface area contributed by atoms with Crippen molar-refractivity contribution in [3.8, 4) is 0 Å². The maximum atomic E-state index is 2.26. The Labute approximate surface area is 231 Å². The van der Waals surface area contributed by atoms with Crippen molar-refractivity contribution in [1.82, 2.24) is 0 Å². The second-order valence-corrected chi connectivity index (χ2v) is 7.29. The third-order valence-electron chi connectivity index (χ3n) is 5.56. The molecule has 0 amide bonds. The fraction of sp³-hybridized carbons (Fsp3) is 0.417. The van der Waals surface area contributed by atoms with E-state index in [0.29, 0.717) is 0 Å². The van der Waals surface area contributed by atoms with Gasteiger partial charge in [-0.05, 0) is 6.92 Å². The predicted octanol–water partition coefficient (Wildman–Crippen LogP) is 1.08. The SMILES string of the molecule is CCCc1c(C)c(C)c(C)[c-]1C.Cc1cc2c(C)ccc(C)c2[cH-]1.[Br-].[Br-].[Zr+4].[Zr+4]. The molecule has 0 aliphatic rings. The molecule has 0 nitrogen and oxygen atoms in total. The van der Waals surface area contributed by atoms with Crippen molar-refractivity contribution in [1.29, 1.82) is 0 Å². The minimum absolute atomic E-state index is 0. The van der Waals surface area contributed by atoms with Gasteiger partial charge in [-0.1, -0.05) is 72.9 Å². The van der Waals surface area contributed by atoms with E-state index in [2.05, 4.69) is 79.7 Å². The van der Waals surface area contributed by atoms with E-state index in [4.69, 9.17) is 0 Å². The second-order valence-electron chi connectivity index (χ2n) is 7.29. The monoisotopic (exact) mass is 658 g/mol. The third kappa shape index (κ3) is 7.55. The van der Waals surface area contributed by atoms with Gasteiger partial charge in [0.15, 0.2) is 0 Å². The van der Waals surface area contributed by atoms with Crippen LogP contribution in [0, 0.1) is 48.5 Å². The average molecular weight is 663 g/mol. The van der Waals surface area contributed by atoms with Gasteiger partial charge in [0.2, 0.25) is 0 Å². The molecule has 0 aliphatic carbocycles. The van der Waals surface area contributed by atoms with Crippen molar-refractivity contribution >= 4 is 10.8 Å². The Bertz CT molecular complexity index is 793. The summed E-state index contributed by atoms with van der Waals surface area (Å²) < 4.78 is 0. The van der Waals surface area contributed by atoms with Crippen molar-refractivity contribution in [3.05, 3.63) is 68.8 Å². The molecule has 0 saturated heterocycles. The summed E-state index contributed by atoms with van der Waals surface area (Å²) in [6.07, 6.45) is 2.50. The Morgan fingerprint density at radius 1 is 0.857 bits per heavy atom. The summed E-state index contributed by atoms with van der Waals surface area (Å²) in [5, 5.41) is 2.82. The van der Waals surface area contributed by atoms with Crippen molar-refractivity contribution in [2.75, 3.05) is 0 Å². The van der Waals surface area contributed by atoms with Gasteiger partial charge in [0.1, 0.15) is 0 Å². The number of benzene rings is 1. The fourth-order valence-corrected chi connectivity index (χ4v) is 3.66. The van der Waals surface area contributed by atoms with E-state index >= 15 is 0 Å². The predicted molar refractivity (Wildman–Crippen MR) is 109 cm³/mol. The fourth-order valence-electron chi connectivity index (χ4n) is 3.66. The van der Waals surface area contributed by atoms with E-state index in [1.54, 1.807) is 5.56 Å². The van der Waals surface area contributed by atoms with Crippen LogP contribution in [0.3, 0.4) is 0 Å². The number of hydrogen-bond donors (Lipinski definition) is 0. The normalized spacial score (nSPS) is 9.29. The van der Waals surface area contributed by atoms with Gasteiger partial charge >= 0.3 is 52.4 Å². The first-order valence-electron chi connectivity index (χ1n) is 9.13. The van der Waals surface area contributed by atoms with Gasteiger partial charge in [-0.25, -0.2) is 0 Å². The largest absolute Gasteiger partial charge is 4.00 e. The Morgan fingerprint density at radius 3 is 1.82 bits per heavy atom. The van der Waals surface area contributed by atoms with Gasteiger partial charge in [-0.15, -0.1) is 34.0 Å². The Balaban J connectivity index is -0.000000391. The topological polar surface area (TPSA) is 0 Å². The molecule has 3 aromatic rings. The molecule has 0 N–H and O–H groups in total. The van der Waals surface area contributed by atoms with Crippen molar-refractivity contribution in [2.24, 2.45) is 0 Å². The van der Waals surface area contributed by atoms with Crippen LogP contribution >= 0.6 is 0 Å². The van der Waals surface area contributed by atoms with E-state index in [0.717, 1.165) is 0 Å². The van der Waals surface area contributed by atoms with Crippen LogP contribution in [0.4, 0.5) is 0 Å². The van der Waals surface area contributed by atoms with Crippen LogP contribution in [0.2, 0.25) is 0 Å². The Kier molecular flexibility index (Phi) is 17.8. The molecule has 0 spiro atoms. The number of aryl methyl sites for hydroxylation is 3. The zero-order chi connectivity index (χ0) is 18.0. The van der Waals surface area contributed by atoms with Gasteiger partial charge in [0.05, 0.1) is 0 Å². The van der Waals surface area contributed by atoms with Gasteiger partial charge in [-0.2, -0.15) is 33.9 Å². The number of fused-ring (bicyclic) bond motifs is 1. The first-order valence-corrected chi connectivity index (χ1v) is 9.13. The number of hydrogen-bond acceptors (Lipinski definition) is 0. The van der Waals surface area contributed by atoms with Gasteiger partial charge < -0.3 is 34.0 Å². The maximum Gasteiger partial charge on any atom is 4.00 e. The molecule has 3 aromatic carbocycles. The van der Waals surface area contributed by atoms with Gasteiger partial charge in [-0.3, -0.25) is 0 Å². The zero-order valence-electron chi connectivity index (χ0n) is 18.5. The first-order chi connectivity index (χ1) is 11.3. The molecule has 0 saturated carbocycles. The molecule has 0 heterocycles. The van der Waals surface area contributed by atoms with Crippen LogP contribution in [-0.4, -0.2) is 0 Å². The second kappa shape index (κ2) is 14.8. The molecule has 0 fully saturated rings. The number of rotatable bonds is 2. The van der Waals surface area contributed by atoms with E-state index in [1.165, 1.54) is 62.6 Å². The molecular formula is C24H32Br2Zr2+4. The van der Waals surface area contributed by atoms with Crippen LogP contribution in [0.5, 0.6) is 0 Å². The van der Waals surface area contributed by atoms with Crippen LogP contribution in [0.25, 0.3) is 10.8 Å². The Morgan fingerprint density at radius 2 is 1.39 bits per heavy atom. The summed E-state index contributed by atoms with van der Waals surface area (Å²) in [7, 11) is 0. The summed E-state index contributed by atoms with van der Waals surface area (Å²) in [5.74, 6) is 0. The number of halogens is 2. The molecule has 4 heteroatoms.